The van der Waals surface area contributed by atoms with Crippen LogP contribution in [0.1, 0.15) is 0 Å². The Morgan fingerprint density at radius 2 is 1.50 bits per heavy atom. The maximum absolute atomic E-state index is 9.79. The van der Waals surface area contributed by atoms with Gasteiger partial charge in [0.25, 0.3) is 0 Å². The average molecular weight is 282 g/mol. The molecule has 0 aliphatic heterocycles. The van der Waals surface area contributed by atoms with Crippen molar-refractivity contribution in [2.45, 2.75) is 14.7 Å². The van der Waals surface area contributed by atoms with Crippen molar-refractivity contribution in [3.63, 3.8) is 0 Å². The van der Waals surface area contributed by atoms with Crippen LogP contribution in [-0.4, -0.2) is 20.4 Å². The topological polar surface area (TPSA) is 80.9 Å². The molecular formula is C12H10O4S2. The Morgan fingerprint density at radius 3 is 2.22 bits per heavy atom. The molecule has 0 bridgehead atoms. The average Bonchev–Trinajstić information content (AvgIpc) is 2.30. The van der Waals surface area contributed by atoms with E-state index in [1.54, 1.807) is 0 Å². The number of benzene rings is 2. The molecule has 2 aromatic carbocycles. The van der Waals surface area contributed by atoms with Gasteiger partial charge in [0.1, 0.15) is 23.0 Å². The van der Waals surface area contributed by atoms with Crippen molar-refractivity contribution in [1.29, 1.82) is 0 Å². The summed E-state index contributed by atoms with van der Waals surface area (Å²) in [6.45, 7) is 0. The van der Waals surface area contributed by atoms with Gasteiger partial charge in [0.15, 0.2) is 0 Å². The largest absolute Gasteiger partial charge is 0.508 e. The van der Waals surface area contributed by atoms with Gasteiger partial charge in [-0.3, -0.25) is 0 Å². The number of thiol groups is 1. The van der Waals surface area contributed by atoms with Crippen LogP contribution in [0.5, 0.6) is 23.0 Å². The van der Waals surface area contributed by atoms with Gasteiger partial charge in [-0.25, -0.2) is 0 Å². The van der Waals surface area contributed by atoms with Crippen LogP contribution < -0.4 is 0 Å². The number of hydrogen-bond donors (Lipinski definition) is 5. The zero-order valence-electron chi connectivity index (χ0n) is 9.03. The van der Waals surface area contributed by atoms with Crippen molar-refractivity contribution in [3.05, 3.63) is 30.3 Å². The SMILES string of the molecule is Oc1ccc(O)c(Sc2cc(O)cc(S)c2O)c1. The molecule has 0 atom stereocenters. The summed E-state index contributed by atoms with van der Waals surface area (Å²) in [4.78, 5) is 0.932. The first-order valence-corrected chi connectivity index (χ1v) is 6.18. The Morgan fingerprint density at radius 1 is 0.833 bits per heavy atom. The standard InChI is InChI=1S/C12H10O4S2/c13-6-1-2-8(15)10(4-6)18-11-5-7(14)3-9(17)12(11)16/h1-5,13-17H. The highest BCUT2D eigenvalue weighted by Gasteiger charge is 2.12. The van der Waals surface area contributed by atoms with Gasteiger partial charge in [-0.2, -0.15) is 0 Å². The lowest BCUT2D eigenvalue weighted by Gasteiger charge is -2.09. The first kappa shape index (κ1) is 12.8. The maximum atomic E-state index is 9.79. The second-order valence-corrected chi connectivity index (χ2v) is 5.13. The molecule has 18 heavy (non-hydrogen) atoms. The minimum Gasteiger partial charge on any atom is -0.508 e. The molecule has 0 amide bonds. The first-order chi connectivity index (χ1) is 8.47. The van der Waals surface area contributed by atoms with E-state index in [4.69, 9.17) is 0 Å². The summed E-state index contributed by atoms with van der Waals surface area (Å²) in [5.41, 5.74) is 0. The second kappa shape index (κ2) is 4.91. The van der Waals surface area contributed by atoms with Gasteiger partial charge in [0, 0.05) is 0 Å². The predicted molar refractivity (Wildman–Crippen MR) is 70.9 cm³/mol. The van der Waals surface area contributed by atoms with E-state index < -0.39 is 0 Å². The van der Waals surface area contributed by atoms with Gasteiger partial charge >= 0.3 is 0 Å². The minimum atomic E-state index is -0.0936. The zero-order valence-corrected chi connectivity index (χ0v) is 10.7. The molecule has 0 fully saturated rings. The van der Waals surface area contributed by atoms with E-state index in [2.05, 4.69) is 12.6 Å². The molecule has 0 radical (unpaired) electrons. The monoisotopic (exact) mass is 282 g/mol. The molecule has 0 saturated heterocycles. The van der Waals surface area contributed by atoms with Crippen molar-refractivity contribution in [3.8, 4) is 23.0 Å². The lowest BCUT2D eigenvalue weighted by molar-refractivity contribution is 0.435. The van der Waals surface area contributed by atoms with Crippen LogP contribution in [0.3, 0.4) is 0 Å². The Balaban J connectivity index is 2.43. The molecule has 0 saturated carbocycles. The number of rotatable bonds is 2. The lowest BCUT2D eigenvalue weighted by atomic mass is 10.3. The zero-order chi connectivity index (χ0) is 13.3. The van der Waals surface area contributed by atoms with Crippen LogP contribution >= 0.6 is 24.4 Å². The smallest absolute Gasteiger partial charge is 0.143 e. The Kier molecular flexibility index (Phi) is 3.49. The summed E-state index contributed by atoms with van der Waals surface area (Å²) >= 11 is 5.03. The fraction of sp³-hybridized carbons (Fsp3) is 0. The molecule has 0 aromatic heterocycles. The van der Waals surface area contributed by atoms with Gasteiger partial charge in [-0.15, -0.1) is 12.6 Å². The fourth-order valence-electron chi connectivity index (χ4n) is 1.36. The summed E-state index contributed by atoms with van der Waals surface area (Å²) in [5.74, 6) is -0.161. The molecule has 0 unspecified atom stereocenters. The van der Waals surface area contributed by atoms with Crippen LogP contribution in [-0.2, 0) is 0 Å². The highest BCUT2D eigenvalue weighted by Crippen LogP contribution is 2.43. The first-order valence-electron chi connectivity index (χ1n) is 4.92. The van der Waals surface area contributed by atoms with E-state index in [0.29, 0.717) is 9.79 Å². The van der Waals surface area contributed by atoms with Crippen molar-refractivity contribution < 1.29 is 20.4 Å². The molecule has 0 spiro atoms. The molecule has 4 N–H and O–H groups in total. The van der Waals surface area contributed by atoms with Gasteiger partial charge in [-0.05, 0) is 30.3 Å². The van der Waals surface area contributed by atoms with Crippen molar-refractivity contribution in [1.82, 2.24) is 0 Å². The molecule has 0 heterocycles. The minimum absolute atomic E-state index is 0.000963. The molecule has 4 nitrogen and oxygen atoms in total. The maximum Gasteiger partial charge on any atom is 0.143 e. The van der Waals surface area contributed by atoms with Crippen molar-refractivity contribution in [2.24, 2.45) is 0 Å². The van der Waals surface area contributed by atoms with Crippen LogP contribution in [0.15, 0.2) is 45.0 Å². The van der Waals surface area contributed by atoms with Crippen LogP contribution in [0.25, 0.3) is 0 Å². The number of phenolic OH excluding ortho intramolecular Hbond substituents is 4. The molecule has 0 aliphatic carbocycles. The van der Waals surface area contributed by atoms with Gasteiger partial charge in [-0.1, -0.05) is 11.8 Å². The summed E-state index contributed by atoms with van der Waals surface area (Å²) in [5, 5.41) is 38.2. The van der Waals surface area contributed by atoms with Crippen LogP contribution in [0.2, 0.25) is 0 Å². The molecule has 2 aromatic rings. The Labute approximate surface area is 113 Å². The van der Waals surface area contributed by atoms with Crippen LogP contribution in [0.4, 0.5) is 0 Å². The van der Waals surface area contributed by atoms with Gasteiger partial charge in [0.2, 0.25) is 0 Å². The summed E-state index contributed by atoms with van der Waals surface area (Å²) < 4.78 is 0. The van der Waals surface area contributed by atoms with E-state index in [1.165, 1.54) is 30.3 Å². The Bertz CT molecular complexity index is 599. The fourth-order valence-corrected chi connectivity index (χ4v) is 2.66. The summed E-state index contributed by atoms with van der Waals surface area (Å²) in [6.07, 6.45) is 0. The van der Waals surface area contributed by atoms with Gasteiger partial charge < -0.3 is 20.4 Å². The predicted octanol–water partition coefficient (Wildman–Crippen LogP) is 2.95. The molecule has 0 aliphatic rings. The Hall–Kier alpha value is -1.66. The van der Waals surface area contributed by atoms with Gasteiger partial charge in [0.05, 0.1) is 14.7 Å². The second-order valence-electron chi connectivity index (χ2n) is 3.57. The molecule has 94 valence electrons. The molecular weight excluding hydrogens is 272 g/mol. The third-order valence-electron chi connectivity index (χ3n) is 2.20. The normalized spacial score (nSPS) is 10.5. The molecule has 2 rings (SSSR count). The molecule has 6 heteroatoms. The van der Waals surface area contributed by atoms with Crippen molar-refractivity contribution >= 4 is 24.4 Å². The quantitative estimate of drug-likeness (QED) is 0.432. The lowest BCUT2D eigenvalue weighted by Crippen LogP contribution is -1.79. The number of aromatic hydroxyl groups is 4. The van der Waals surface area contributed by atoms with E-state index in [9.17, 15) is 20.4 Å². The van der Waals surface area contributed by atoms with E-state index in [1.807, 2.05) is 0 Å². The third kappa shape index (κ3) is 2.60. The van der Waals surface area contributed by atoms with E-state index >= 15 is 0 Å². The van der Waals surface area contributed by atoms with Crippen molar-refractivity contribution in [2.75, 3.05) is 0 Å². The van der Waals surface area contributed by atoms with Crippen LogP contribution in [0, 0.1) is 0 Å². The highest BCUT2D eigenvalue weighted by atomic mass is 32.2. The third-order valence-corrected chi connectivity index (χ3v) is 3.62. The highest BCUT2D eigenvalue weighted by molar-refractivity contribution is 7.99. The van der Waals surface area contributed by atoms with E-state index in [-0.39, 0.29) is 27.9 Å². The number of hydrogen-bond acceptors (Lipinski definition) is 6. The summed E-state index contributed by atoms with van der Waals surface area (Å²) in [6, 6.07) is 6.72. The summed E-state index contributed by atoms with van der Waals surface area (Å²) in [7, 11) is 0. The number of phenols is 4. The van der Waals surface area contributed by atoms with E-state index in [0.717, 1.165) is 11.8 Å².